The first-order chi connectivity index (χ1) is 6.77. The number of nitrogens with two attached hydrogens (primary N) is 1. The van der Waals surface area contributed by atoms with Crippen LogP contribution in [-0.2, 0) is 7.05 Å². The van der Waals surface area contributed by atoms with Crippen molar-refractivity contribution in [3.8, 4) is 5.75 Å². The maximum Gasteiger partial charge on any atom is 0.218 e. The van der Waals surface area contributed by atoms with Crippen LogP contribution < -0.4 is 16.0 Å². The highest BCUT2D eigenvalue weighted by molar-refractivity contribution is 5.84. The largest absolute Gasteiger partial charge is 0.494 e. The van der Waals surface area contributed by atoms with Crippen LogP contribution in [0.2, 0.25) is 0 Å². The van der Waals surface area contributed by atoms with Gasteiger partial charge < -0.3 is 9.30 Å². The molecule has 14 heavy (non-hydrogen) atoms. The van der Waals surface area contributed by atoms with Gasteiger partial charge in [-0.05, 0) is 12.1 Å². The molecule has 0 radical (unpaired) electrons. The molecule has 0 bridgehead atoms. The predicted octanol–water partition coefficient (Wildman–Crippen LogP) is 0.867. The maximum absolute atomic E-state index is 5.33. The predicted molar refractivity (Wildman–Crippen MR) is 55.1 cm³/mol. The minimum atomic E-state index is 0.615. The molecule has 2 rings (SSSR count). The number of methoxy groups -OCH3 is 1. The van der Waals surface area contributed by atoms with E-state index in [1.54, 1.807) is 7.11 Å². The van der Waals surface area contributed by atoms with Gasteiger partial charge in [-0.1, -0.05) is 6.07 Å². The standard InChI is InChI=1S/C9H12N4O/c1-13-6-4-3-5-7(14-2)8(6)11-9(13)12-10/h3-5H,10H2,1-2H3,(H,11,12). The summed E-state index contributed by atoms with van der Waals surface area (Å²) in [5.74, 6) is 6.70. The highest BCUT2D eigenvalue weighted by atomic mass is 16.5. The Hall–Kier alpha value is -1.75. The lowest BCUT2D eigenvalue weighted by atomic mass is 10.3. The van der Waals surface area contributed by atoms with Crippen molar-refractivity contribution in [2.45, 2.75) is 0 Å². The Kier molecular flexibility index (Phi) is 2.01. The lowest BCUT2D eigenvalue weighted by Crippen LogP contribution is -2.11. The van der Waals surface area contributed by atoms with E-state index in [9.17, 15) is 0 Å². The van der Waals surface area contributed by atoms with E-state index in [1.807, 2.05) is 29.8 Å². The fourth-order valence-corrected chi connectivity index (χ4v) is 1.48. The zero-order valence-corrected chi connectivity index (χ0v) is 8.11. The van der Waals surface area contributed by atoms with Crippen molar-refractivity contribution in [2.24, 2.45) is 12.9 Å². The molecule has 0 unspecified atom stereocenters. The Morgan fingerprint density at radius 3 is 2.93 bits per heavy atom. The number of fused-ring (bicyclic) bond motifs is 1. The van der Waals surface area contributed by atoms with Crippen molar-refractivity contribution >= 4 is 17.0 Å². The van der Waals surface area contributed by atoms with Crippen LogP contribution in [0.4, 0.5) is 5.95 Å². The number of anilines is 1. The van der Waals surface area contributed by atoms with Crippen LogP contribution in [0, 0.1) is 0 Å². The number of hydrogen-bond donors (Lipinski definition) is 2. The number of para-hydroxylation sites is 1. The summed E-state index contributed by atoms with van der Waals surface area (Å²) in [5, 5.41) is 0. The maximum atomic E-state index is 5.33. The molecule has 74 valence electrons. The minimum Gasteiger partial charge on any atom is -0.494 e. The summed E-state index contributed by atoms with van der Waals surface area (Å²) in [6.07, 6.45) is 0. The number of benzene rings is 1. The molecule has 0 spiro atoms. The SMILES string of the molecule is COc1cccc2c1nc(NN)n2C. The number of aryl methyl sites for hydroxylation is 1. The molecule has 0 amide bonds. The number of rotatable bonds is 2. The van der Waals surface area contributed by atoms with Crippen molar-refractivity contribution in [3.63, 3.8) is 0 Å². The monoisotopic (exact) mass is 192 g/mol. The second kappa shape index (κ2) is 3.19. The molecule has 5 heteroatoms. The van der Waals surface area contributed by atoms with Gasteiger partial charge >= 0.3 is 0 Å². The summed E-state index contributed by atoms with van der Waals surface area (Å²) in [7, 11) is 3.52. The molecule has 1 aromatic carbocycles. The van der Waals surface area contributed by atoms with Crippen LogP contribution in [0.15, 0.2) is 18.2 Å². The van der Waals surface area contributed by atoms with Crippen molar-refractivity contribution in [1.29, 1.82) is 0 Å². The quantitative estimate of drug-likeness (QED) is 0.547. The van der Waals surface area contributed by atoms with Crippen LogP contribution in [0.5, 0.6) is 5.75 Å². The average molecular weight is 192 g/mol. The molecule has 0 aliphatic carbocycles. The first-order valence-corrected chi connectivity index (χ1v) is 4.24. The zero-order chi connectivity index (χ0) is 10.1. The van der Waals surface area contributed by atoms with Gasteiger partial charge in [0.05, 0.1) is 12.6 Å². The number of nitrogen functional groups attached to an aromatic ring is 1. The number of nitrogens with zero attached hydrogens (tertiary/aromatic N) is 2. The number of hydrazine groups is 1. The van der Waals surface area contributed by atoms with E-state index in [0.29, 0.717) is 5.95 Å². The molecule has 3 N–H and O–H groups in total. The molecule has 0 atom stereocenters. The van der Waals surface area contributed by atoms with Crippen LogP contribution in [-0.4, -0.2) is 16.7 Å². The highest BCUT2D eigenvalue weighted by Crippen LogP contribution is 2.26. The Balaban J connectivity index is 2.77. The molecule has 0 aliphatic rings. The van der Waals surface area contributed by atoms with Gasteiger partial charge in [-0.15, -0.1) is 0 Å². The lowest BCUT2D eigenvalue weighted by Gasteiger charge is -2.00. The number of hydrogen-bond acceptors (Lipinski definition) is 4. The Morgan fingerprint density at radius 1 is 1.50 bits per heavy atom. The summed E-state index contributed by atoms with van der Waals surface area (Å²) >= 11 is 0. The van der Waals surface area contributed by atoms with Gasteiger partial charge in [0, 0.05) is 7.05 Å². The molecule has 1 heterocycles. The van der Waals surface area contributed by atoms with Gasteiger partial charge in [0.15, 0.2) is 0 Å². The Bertz CT molecular complexity index is 463. The van der Waals surface area contributed by atoms with Crippen molar-refractivity contribution < 1.29 is 4.74 Å². The van der Waals surface area contributed by atoms with Crippen LogP contribution in [0.1, 0.15) is 0 Å². The van der Waals surface area contributed by atoms with Gasteiger partial charge in [-0.2, -0.15) is 0 Å². The normalized spacial score (nSPS) is 10.5. The molecule has 2 aromatic rings. The fourth-order valence-electron chi connectivity index (χ4n) is 1.48. The van der Waals surface area contributed by atoms with Crippen LogP contribution in [0.3, 0.4) is 0 Å². The van der Waals surface area contributed by atoms with Gasteiger partial charge in [-0.3, -0.25) is 5.43 Å². The molecule has 0 fully saturated rings. The summed E-state index contributed by atoms with van der Waals surface area (Å²) in [6.45, 7) is 0. The summed E-state index contributed by atoms with van der Waals surface area (Å²) < 4.78 is 7.07. The molecular formula is C9H12N4O. The van der Waals surface area contributed by atoms with E-state index in [2.05, 4.69) is 10.4 Å². The minimum absolute atomic E-state index is 0.615. The molecule has 0 saturated carbocycles. The zero-order valence-electron chi connectivity index (χ0n) is 8.11. The highest BCUT2D eigenvalue weighted by Gasteiger charge is 2.09. The van der Waals surface area contributed by atoms with E-state index in [1.165, 1.54) is 0 Å². The third-order valence-electron chi connectivity index (χ3n) is 2.22. The summed E-state index contributed by atoms with van der Waals surface area (Å²) in [6, 6.07) is 5.75. The van der Waals surface area contributed by atoms with Crippen molar-refractivity contribution in [2.75, 3.05) is 12.5 Å². The number of nitrogens with one attached hydrogen (secondary N) is 1. The van der Waals surface area contributed by atoms with Crippen molar-refractivity contribution in [3.05, 3.63) is 18.2 Å². The summed E-state index contributed by atoms with van der Waals surface area (Å²) in [4.78, 5) is 4.30. The van der Waals surface area contributed by atoms with E-state index in [0.717, 1.165) is 16.8 Å². The third kappa shape index (κ3) is 1.10. The van der Waals surface area contributed by atoms with E-state index >= 15 is 0 Å². The molecule has 5 nitrogen and oxygen atoms in total. The Labute approximate surface area is 81.5 Å². The first kappa shape index (κ1) is 8.83. The summed E-state index contributed by atoms with van der Waals surface area (Å²) in [5.41, 5.74) is 4.33. The number of aromatic nitrogens is 2. The fraction of sp³-hybridized carbons (Fsp3) is 0.222. The first-order valence-electron chi connectivity index (χ1n) is 4.24. The number of imidazole rings is 1. The van der Waals surface area contributed by atoms with Crippen LogP contribution in [0.25, 0.3) is 11.0 Å². The van der Waals surface area contributed by atoms with Crippen LogP contribution >= 0.6 is 0 Å². The second-order valence-corrected chi connectivity index (χ2v) is 2.97. The lowest BCUT2D eigenvalue weighted by molar-refractivity contribution is 0.419. The molecular weight excluding hydrogens is 180 g/mol. The van der Waals surface area contributed by atoms with Crippen molar-refractivity contribution in [1.82, 2.24) is 9.55 Å². The molecule has 1 aromatic heterocycles. The van der Waals surface area contributed by atoms with E-state index < -0.39 is 0 Å². The van der Waals surface area contributed by atoms with E-state index in [-0.39, 0.29) is 0 Å². The third-order valence-corrected chi connectivity index (χ3v) is 2.22. The topological polar surface area (TPSA) is 65.1 Å². The molecule has 0 aliphatic heterocycles. The van der Waals surface area contributed by atoms with E-state index in [4.69, 9.17) is 10.6 Å². The smallest absolute Gasteiger partial charge is 0.218 e. The average Bonchev–Trinajstić information content (AvgIpc) is 2.55. The van der Waals surface area contributed by atoms with Gasteiger partial charge in [-0.25, -0.2) is 10.8 Å². The Morgan fingerprint density at radius 2 is 2.29 bits per heavy atom. The second-order valence-electron chi connectivity index (χ2n) is 2.97. The van der Waals surface area contributed by atoms with Gasteiger partial charge in [0.2, 0.25) is 5.95 Å². The van der Waals surface area contributed by atoms with Gasteiger partial charge in [0.25, 0.3) is 0 Å². The molecule has 0 saturated heterocycles. The number of ether oxygens (including phenoxy) is 1. The van der Waals surface area contributed by atoms with Gasteiger partial charge in [0.1, 0.15) is 11.3 Å².